The van der Waals surface area contributed by atoms with E-state index in [0.717, 1.165) is 0 Å². The van der Waals surface area contributed by atoms with Crippen molar-refractivity contribution < 1.29 is 48.8 Å². The predicted octanol–water partition coefficient (Wildman–Crippen LogP) is -0.381. The van der Waals surface area contributed by atoms with Gasteiger partial charge in [-0.2, -0.15) is 0 Å². The van der Waals surface area contributed by atoms with Crippen molar-refractivity contribution in [3.05, 3.63) is 53.1 Å². The molecule has 0 heterocycles. The molecule has 2 aromatic carbocycles. The van der Waals surface area contributed by atoms with Crippen LogP contribution in [0.3, 0.4) is 0 Å². The molecule has 2 aromatic rings. The fraction of sp³-hybridized carbons (Fsp3) is 0.438. The number of carbonyl (C=O) groups is 6. The van der Waals surface area contributed by atoms with Crippen LogP contribution in [0.25, 0.3) is 11.1 Å². The van der Waals surface area contributed by atoms with Crippen LogP contribution in [0, 0.1) is 23.7 Å². The smallest absolute Gasteiger partial charge is 0.325 e. The minimum absolute atomic E-state index is 0.0272. The van der Waals surface area contributed by atoms with Gasteiger partial charge < -0.3 is 36.0 Å². The summed E-state index contributed by atoms with van der Waals surface area (Å²) < 4.78 is 4.84. The van der Waals surface area contributed by atoms with Crippen molar-refractivity contribution in [1.29, 1.82) is 0 Å². The van der Waals surface area contributed by atoms with Crippen LogP contribution in [0.2, 0.25) is 0 Å². The Morgan fingerprint density at radius 1 is 1.11 bits per heavy atom. The van der Waals surface area contributed by atoms with E-state index in [1.54, 1.807) is 51.4 Å². The van der Waals surface area contributed by atoms with Crippen molar-refractivity contribution in [3.8, 4) is 16.9 Å². The number of phenolic OH excluding ortho intramolecular Hbond substituents is 1. The molecule has 6 N–H and O–H groups in total. The average Bonchev–Trinajstić information content (AvgIpc) is 2.97. The lowest BCUT2D eigenvalue weighted by atomic mass is 9.52. The molecular formula is C32H35N3O10. The van der Waals surface area contributed by atoms with E-state index in [4.69, 9.17) is 10.5 Å². The van der Waals surface area contributed by atoms with Gasteiger partial charge in [0.05, 0.1) is 24.2 Å². The van der Waals surface area contributed by atoms with E-state index < -0.39 is 82.3 Å². The molecule has 3 aliphatic rings. The highest BCUT2D eigenvalue weighted by molar-refractivity contribution is 6.25. The number of hydrogen-bond acceptors (Lipinski definition) is 11. The van der Waals surface area contributed by atoms with Crippen molar-refractivity contribution in [1.82, 2.24) is 10.2 Å². The van der Waals surface area contributed by atoms with Crippen molar-refractivity contribution in [2.24, 2.45) is 29.4 Å². The molecule has 0 spiro atoms. The second kappa shape index (κ2) is 11.8. The summed E-state index contributed by atoms with van der Waals surface area (Å²) in [5.41, 5.74) is 4.21. The van der Waals surface area contributed by atoms with Gasteiger partial charge in [-0.15, -0.1) is 0 Å². The Morgan fingerprint density at radius 2 is 1.82 bits per heavy atom. The molecule has 3 unspecified atom stereocenters. The van der Waals surface area contributed by atoms with Gasteiger partial charge in [0, 0.05) is 17.5 Å². The number of esters is 1. The molecule has 45 heavy (non-hydrogen) atoms. The topological polar surface area (TPSA) is 214 Å². The lowest BCUT2D eigenvalue weighted by Gasteiger charge is -2.54. The maximum Gasteiger partial charge on any atom is 0.325 e. The summed E-state index contributed by atoms with van der Waals surface area (Å²) in [5, 5.41) is 36.1. The van der Waals surface area contributed by atoms with Crippen LogP contribution in [0.5, 0.6) is 5.75 Å². The molecule has 13 nitrogen and oxygen atoms in total. The van der Waals surface area contributed by atoms with Gasteiger partial charge in [0.2, 0.25) is 5.91 Å². The van der Waals surface area contributed by atoms with E-state index in [-0.39, 0.29) is 37.1 Å². The minimum atomic E-state index is -2.75. The number of benzene rings is 2. The van der Waals surface area contributed by atoms with Crippen LogP contribution in [0.4, 0.5) is 0 Å². The van der Waals surface area contributed by atoms with Crippen LogP contribution >= 0.6 is 0 Å². The summed E-state index contributed by atoms with van der Waals surface area (Å²) in [6.07, 6.45) is -1.53. The Hall–Kier alpha value is -4.46. The lowest BCUT2D eigenvalue weighted by Crippen LogP contribution is -2.75. The van der Waals surface area contributed by atoms with Gasteiger partial charge in [0.25, 0.3) is 5.91 Å². The molecule has 7 atom stereocenters. The highest BCUT2D eigenvalue weighted by Gasteiger charge is 2.69. The first-order chi connectivity index (χ1) is 21.2. The zero-order valence-electron chi connectivity index (χ0n) is 25.0. The number of hydrogen-bond donors (Lipinski definition) is 5. The van der Waals surface area contributed by atoms with E-state index in [2.05, 4.69) is 5.32 Å². The molecule has 0 aliphatic heterocycles. The first kappa shape index (κ1) is 31.9. The Morgan fingerprint density at radius 3 is 2.47 bits per heavy atom. The fourth-order valence-electron chi connectivity index (χ4n) is 7.39. The first-order valence-corrected chi connectivity index (χ1v) is 14.6. The molecule has 0 radical (unpaired) electrons. The van der Waals surface area contributed by atoms with Crippen LogP contribution in [-0.4, -0.2) is 100 Å². The molecule has 0 aromatic heterocycles. The Kier molecular flexibility index (Phi) is 8.38. The van der Waals surface area contributed by atoms with Crippen LogP contribution in [0.1, 0.15) is 39.6 Å². The average molecular weight is 622 g/mol. The molecule has 2 saturated carbocycles. The van der Waals surface area contributed by atoms with Crippen molar-refractivity contribution in [2.75, 3.05) is 27.2 Å². The molecule has 3 aliphatic carbocycles. The second-order valence-electron chi connectivity index (χ2n) is 12.0. The number of ketones is 3. The van der Waals surface area contributed by atoms with Gasteiger partial charge in [-0.3, -0.25) is 28.8 Å². The van der Waals surface area contributed by atoms with Crippen molar-refractivity contribution in [2.45, 2.75) is 37.5 Å². The summed E-state index contributed by atoms with van der Waals surface area (Å²) in [4.78, 5) is 79.7. The molecule has 2 amide bonds. The van der Waals surface area contributed by atoms with E-state index in [1.807, 2.05) is 0 Å². The standard InChI is InChI=1S/C32H35N3O10/c1-4-45-21(37)13-34-31(43)15-7-5-6-14(10-15)17-8-9-20(36)23-18(17)11-16-12-19-25(35(2)3)27(39)24(30(33)42)29(41)32(19,44)28(40)22(16)26(23)38/h5-10,16,19,22,24-25,27,36,39,44H,4,11-13H2,1-3H3,(H2,33,42)(H,34,43)/t16-,19-,22?,24?,25-,27?,32-/m1/s1. The van der Waals surface area contributed by atoms with Crippen LogP contribution < -0.4 is 11.1 Å². The Balaban J connectivity index is 1.54. The highest BCUT2D eigenvalue weighted by atomic mass is 16.5. The Bertz CT molecular complexity index is 1620. The number of likely N-dealkylation sites (N-methyl/N-ethyl adjacent to an activating group) is 1. The van der Waals surface area contributed by atoms with Gasteiger partial charge in [-0.1, -0.05) is 18.2 Å². The van der Waals surface area contributed by atoms with Crippen LogP contribution in [-0.2, 0) is 30.3 Å². The van der Waals surface area contributed by atoms with Gasteiger partial charge in [0.1, 0.15) is 18.2 Å². The number of nitrogens with zero attached hydrogens (tertiary/aromatic N) is 1. The number of fused-ring (bicyclic) bond motifs is 3. The quantitative estimate of drug-likeness (QED) is 0.198. The number of primary amides is 1. The summed E-state index contributed by atoms with van der Waals surface area (Å²) in [7, 11) is 3.15. The van der Waals surface area contributed by atoms with Gasteiger partial charge in [-0.25, -0.2) is 0 Å². The number of phenols is 1. The first-order valence-electron chi connectivity index (χ1n) is 14.6. The van der Waals surface area contributed by atoms with Crippen molar-refractivity contribution >= 4 is 35.1 Å². The number of ether oxygens (including phenoxy) is 1. The number of carbonyl (C=O) groups excluding carboxylic acids is 6. The molecule has 2 fully saturated rings. The molecular weight excluding hydrogens is 586 g/mol. The SMILES string of the molecule is CCOC(=O)CNC(=O)c1cccc(-c2ccc(O)c3c2C[C@@H]2C[C@@H]4[C@@H](N(C)C)C(O)C(C(N)=O)C(=O)[C@]4(O)C(=O)C2C3=O)c1. The summed E-state index contributed by atoms with van der Waals surface area (Å²) in [5.74, 6) is -11.0. The van der Waals surface area contributed by atoms with Gasteiger partial charge in [0.15, 0.2) is 23.0 Å². The number of aromatic hydroxyl groups is 1. The van der Waals surface area contributed by atoms with Crippen molar-refractivity contribution in [3.63, 3.8) is 0 Å². The summed E-state index contributed by atoms with van der Waals surface area (Å²) in [6.45, 7) is 1.49. The number of amides is 2. The number of rotatable bonds is 7. The minimum Gasteiger partial charge on any atom is -0.507 e. The van der Waals surface area contributed by atoms with E-state index in [0.29, 0.717) is 16.7 Å². The number of nitrogens with one attached hydrogen (secondary N) is 1. The third-order valence-corrected chi connectivity index (χ3v) is 9.31. The number of nitrogens with two attached hydrogens (primary N) is 1. The van der Waals surface area contributed by atoms with E-state index in [9.17, 15) is 44.1 Å². The molecule has 0 bridgehead atoms. The molecule has 0 saturated heterocycles. The third kappa shape index (κ3) is 5.10. The fourth-order valence-corrected chi connectivity index (χ4v) is 7.39. The zero-order valence-corrected chi connectivity index (χ0v) is 25.0. The number of aliphatic hydroxyl groups excluding tert-OH is 1. The highest BCUT2D eigenvalue weighted by Crippen LogP contribution is 2.52. The van der Waals surface area contributed by atoms with Gasteiger partial charge >= 0.3 is 5.97 Å². The molecule has 5 rings (SSSR count). The van der Waals surface area contributed by atoms with Crippen LogP contribution in [0.15, 0.2) is 36.4 Å². The van der Waals surface area contributed by atoms with Gasteiger partial charge in [-0.05, 0) is 74.7 Å². The monoisotopic (exact) mass is 621 g/mol. The Labute approximate surface area is 258 Å². The number of Topliss-reactive ketones (excluding diaryl/α,β-unsaturated/α-hetero) is 3. The zero-order chi connectivity index (χ0) is 33.0. The normalized spacial score (nSPS) is 29.0. The lowest BCUT2D eigenvalue weighted by molar-refractivity contribution is -0.190. The largest absolute Gasteiger partial charge is 0.507 e. The molecule has 238 valence electrons. The van der Waals surface area contributed by atoms with E-state index >= 15 is 0 Å². The second-order valence-corrected chi connectivity index (χ2v) is 12.0. The van der Waals surface area contributed by atoms with E-state index in [1.165, 1.54) is 11.0 Å². The maximum atomic E-state index is 14.0. The third-order valence-electron chi connectivity index (χ3n) is 9.31. The summed E-state index contributed by atoms with van der Waals surface area (Å²) in [6, 6.07) is 8.31. The molecule has 13 heteroatoms. The predicted molar refractivity (Wildman–Crippen MR) is 157 cm³/mol. The number of aliphatic hydroxyl groups is 2. The maximum absolute atomic E-state index is 14.0. The summed E-state index contributed by atoms with van der Waals surface area (Å²) >= 11 is 0.